The molecule has 1 heterocycles. The van der Waals surface area contributed by atoms with Crippen molar-refractivity contribution in [1.82, 2.24) is 10.5 Å². The van der Waals surface area contributed by atoms with E-state index in [2.05, 4.69) is 10.5 Å². The average Bonchev–Trinajstić information content (AvgIpc) is 3.20. The van der Waals surface area contributed by atoms with Crippen molar-refractivity contribution in [2.75, 3.05) is 5.75 Å². The highest BCUT2D eigenvalue weighted by Crippen LogP contribution is 2.24. The van der Waals surface area contributed by atoms with Crippen molar-refractivity contribution in [1.29, 1.82) is 0 Å². The minimum absolute atomic E-state index is 0.00199. The summed E-state index contributed by atoms with van der Waals surface area (Å²) in [4.78, 5) is 25.1. The Kier molecular flexibility index (Phi) is 7.08. The summed E-state index contributed by atoms with van der Waals surface area (Å²) in [5, 5.41) is 6.79. The van der Waals surface area contributed by atoms with Gasteiger partial charge in [-0.1, -0.05) is 47.6 Å². The van der Waals surface area contributed by atoms with E-state index in [0.29, 0.717) is 21.9 Å². The normalized spacial score (nSPS) is 10.7. The highest BCUT2D eigenvalue weighted by atomic mass is 32.2. The van der Waals surface area contributed by atoms with E-state index >= 15 is 0 Å². The summed E-state index contributed by atoms with van der Waals surface area (Å²) < 4.78 is 10.7. The molecule has 0 aliphatic heterocycles. The Bertz CT molecular complexity index is 970. The predicted octanol–water partition coefficient (Wildman–Crippen LogP) is 4.32. The second kappa shape index (κ2) is 9.93. The molecule has 150 valence electrons. The fraction of sp³-hybridized carbons (Fsp3) is 0.227. The molecule has 1 aromatic heterocycles. The van der Waals surface area contributed by atoms with Crippen molar-refractivity contribution in [3.8, 4) is 11.3 Å². The van der Waals surface area contributed by atoms with Gasteiger partial charge in [0.15, 0.2) is 5.76 Å². The molecule has 0 saturated heterocycles. The first kappa shape index (κ1) is 20.7. The molecule has 0 spiro atoms. The van der Waals surface area contributed by atoms with Crippen LogP contribution in [0.4, 0.5) is 0 Å². The largest absolute Gasteiger partial charge is 0.455 e. The van der Waals surface area contributed by atoms with Gasteiger partial charge in [-0.25, -0.2) is 4.79 Å². The van der Waals surface area contributed by atoms with Crippen molar-refractivity contribution in [3.63, 3.8) is 0 Å². The Morgan fingerprint density at radius 2 is 1.83 bits per heavy atom. The second-order valence-electron chi connectivity index (χ2n) is 6.63. The van der Waals surface area contributed by atoms with Crippen molar-refractivity contribution in [3.05, 3.63) is 71.9 Å². The van der Waals surface area contributed by atoms with Crippen LogP contribution in [0.3, 0.4) is 0 Å². The molecule has 6 nitrogen and oxygen atoms in total. The lowest BCUT2D eigenvalue weighted by atomic mass is 10.2. The minimum atomic E-state index is -0.471. The second-order valence-corrected chi connectivity index (χ2v) is 7.65. The number of rotatable bonds is 8. The van der Waals surface area contributed by atoms with Gasteiger partial charge in [-0.15, -0.1) is 11.8 Å². The van der Waals surface area contributed by atoms with Crippen LogP contribution in [0.1, 0.15) is 29.9 Å². The number of aromatic nitrogens is 1. The molecule has 29 heavy (non-hydrogen) atoms. The van der Waals surface area contributed by atoms with E-state index in [9.17, 15) is 9.59 Å². The summed E-state index contributed by atoms with van der Waals surface area (Å²) in [6.07, 6.45) is 0. The first-order valence-electron chi connectivity index (χ1n) is 9.22. The van der Waals surface area contributed by atoms with E-state index in [0.717, 1.165) is 5.56 Å². The molecule has 0 unspecified atom stereocenters. The van der Waals surface area contributed by atoms with Gasteiger partial charge in [0.05, 0.1) is 11.3 Å². The zero-order valence-corrected chi connectivity index (χ0v) is 17.1. The monoisotopic (exact) mass is 410 g/mol. The summed E-state index contributed by atoms with van der Waals surface area (Å²) in [5.41, 5.74) is 1.85. The van der Waals surface area contributed by atoms with Crippen LogP contribution in [0, 0.1) is 0 Å². The van der Waals surface area contributed by atoms with E-state index in [1.807, 2.05) is 50.2 Å². The van der Waals surface area contributed by atoms with Gasteiger partial charge in [-0.05, 0) is 26.0 Å². The minimum Gasteiger partial charge on any atom is -0.455 e. The zero-order chi connectivity index (χ0) is 20.6. The Hall–Kier alpha value is -3.06. The zero-order valence-electron chi connectivity index (χ0n) is 16.3. The van der Waals surface area contributed by atoms with E-state index in [-0.39, 0.29) is 24.3 Å². The molecule has 1 amide bonds. The van der Waals surface area contributed by atoms with Gasteiger partial charge in [0, 0.05) is 22.6 Å². The van der Waals surface area contributed by atoms with Crippen LogP contribution in [0.5, 0.6) is 0 Å². The standard InChI is InChI=1S/C22H22N2O4S/c1-15(2)23-21(25)14-29-20-11-7-6-10-18(20)22(26)27-13-17-12-19(28-24-17)16-8-4-3-5-9-16/h3-12,15H,13-14H2,1-2H3,(H,23,25). The van der Waals surface area contributed by atoms with Gasteiger partial charge < -0.3 is 14.6 Å². The Labute approximate surface area is 173 Å². The molecule has 3 rings (SSSR count). The Balaban J connectivity index is 1.60. The van der Waals surface area contributed by atoms with Gasteiger partial charge >= 0.3 is 5.97 Å². The third-order valence-electron chi connectivity index (χ3n) is 3.88. The smallest absolute Gasteiger partial charge is 0.339 e. The number of amides is 1. The molecule has 7 heteroatoms. The molecule has 0 aliphatic carbocycles. The Morgan fingerprint density at radius 1 is 1.10 bits per heavy atom. The fourth-order valence-corrected chi connectivity index (χ4v) is 3.46. The van der Waals surface area contributed by atoms with Crippen LogP contribution >= 0.6 is 11.8 Å². The van der Waals surface area contributed by atoms with E-state index in [4.69, 9.17) is 9.26 Å². The fourth-order valence-electron chi connectivity index (χ4n) is 2.60. The maximum atomic E-state index is 12.5. The van der Waals surface area contributed by atoms with Gasteiger partial charge in [0.25, 0.3) is 0 Å². The van der Waals surface area contributed by atoms with Gasteiger partial charge in [-0.2, -0.15) is 0 Å². The van der Waals surface area contributed by atoms with E-state index < -0.39 is 5.97 Å². The summed E-state index contributed by atoms with van der Waals surface area (Å²) in [6, 6.07) is 18.5. The molecule has 0 radical (unpaired) electrons. The lowest BCUT2D eigenvalue weighted by Crippen LogP contribution is -2.31. The maximum Gasteiger partial charge on any atom is 0.339 e. The maximum absolute atomic E-state index is 12.5. The predicted molar refractivity (Wildman–Crippen MR) is 112 cm³/mol. The highest BCUT2D eigenvalue weighted by Gasteiger charge is 2.16. The number of nitrogens with one attached hydrogen (secondary N) is 1. The molecule has 3 aromatic rings. The number of benzene rings is 2. The molecule has 0 bridgehead atoms. The van der Waals surface area contributed by atoms with Crippen molar-refractivity contribution < 1.29 is 18.8 Å². The highest BCUT2D eigenvalue weighted by molar-refractivity contribution is 8.00. The van der Waals surface area contributed by atoms with Gasteiger partial charge in [0.2, 0.25) is 5.91 Å². The number of thioether (sulfide) groups is 1. The molecule has 0 saturated carbocycles. The van der Waals surface area contributed by atoms with Crippen LogP contribution in [-0.4, -0.2) is 28.8 Å². The third kappa shape index (κ3) is 5.96. The number of hydrogen-bond donors (Lipinski definition) is 1. The van der Waals surface area contributed by atoms with Crippen LogP contribution in [-0.2, 0) is 16.1 Å². The van der Waals surface area contributed by atoms with Crippen LogP contribution in [0.2, 0.25) is 0 Å². The quantitative estimate of drug-likeness (QED) is 0.440. The number of ether oxygens (including phenoxy) is 1. The molecule has 0 fully saturated rings. The number of nitrogens with zero attached hydrogens (tertiary/aromatic N) is 1. The van der Waals surface area contributed by atoms with Crippen LogP contribution < -0.4 is 5.32 Å². The van der Waals surface area contributed by atoms with Crippen LogP contribution in [0.25, 0.3) is 11.3 Å². The third-order valence-corrected chi connectivity index (χ3v) is 4.96. The molecule has 0 aliphatic rings. The van der Waals surface area contributed by atoms with Crippen molar-refractivity contribution in [2.24, 2.45) is 0 Å². The van der Waals surface area contributed by atoms with Crippen LogP contribution in [0.15, 0.2) is 70.1 Å². The molecule has 1 N–H and O–H groups in total. The molecule has 0 atom stereocenters. The SMILES string of the molecule is CC(C)NC(=O)CSc1ccccc1C(=O)OCc1cc(-c2ccccc2)on1. The average molecular weight is 410 g/mol. The summed E-state index contributed by atoms with van der Waals surface area (Å²) in [5.74, 6) is 0.293. The first-order chi connectivity index (χ1) is 14.0. The van der Waals surface area contributed by atoms with Crippen molar-refractivity contribution >= 4 is 23.6 Å². The Morgan fingerprint density at radius 3 is 2.59 bits per heavy atom. The molecular weight excluding hydrogens is 388 g/mol. The van der Waals surface area contributed by atoms with Crippen molar-refractivity contribution in [2.45, 2.75) is 31.4 Å². The summed E-state index contributed by atoms with van der Waals surface area (Å²) >= 11 is 1.30. The topological polar surface area (TPSA) is 81.4 Å². The van der Waals surface area contributed by atoms with E-state index in [1.54, 1.807) is 24.3 Å². The van der Waals surface area contributed by atoms with Gasteiger partial charge in [0.1, 0.15) is 12.3 Å². The first-order valence-corrected chi connectivity index (χ1v) is 10.2. The number of carbonyl (C=O) groups excluding carboxylic acids is 2. The van der Waals surface area contributed by atoms with Gasteiger partial charge in [-0.3, -0.25) is 4.79 Å². The molecular formula is C22H22N2O4S. The number of carbonyl (C=O) groups is 2. The summed E-state index contributed by atoms with van der Waals surface area (Å²) in [7, 11) is 0. The van der Waals surface area contributed by atoms with E-state index in [1.165, 1.54) is 11.8 Å². The summed E-state index contributed by atoms with van der Waals surface area (Å²) in [6.45, 7) is 3.81. The molecule has 2 aromatic carbocycles. The lowest BCUT2D eigenvalue weighted by Gasteiger charge is -2.10. The number of esters is 1. The number of hydrogen-bond acceptors (Lipinski definition) is 6. The lowest BCUT2D eigenvalue weighted by molar-refractivity contribution is -0.119.